The van der Waals surface area contributed by atoms with Gasteiger partial charge in [-0.3, -0.25) is 0 Å². The highest BCUT2D eigenvalue weighted by Crippen LogP contribution is 2.30. The molecule has 1 aliphatic rings. The number of aryl methyl sites for hydroxylation is 1. The van der Waals surface area contributed by atoms with Gasteiger partial charge in [-0.05, 0) is 25.5 Å². The fourth-order valence-corrected chi connectivity index (χ4v) is 4.36. The fourth-order valence-electron chi connectivity index (χ4n) is 1.25. The lowest BCUT2D eigenvalue weighted by Gasteiger charge is -2.28. The molecule has 0 amide bonds. The summed E-state index contributed by atoms with van der Waals surface area (Å²) in [6.45, 7) is 3.69. The van der Waals surface area contributed by atoms with Crippen molar-refractivity contribution in [1.29, 1.82) is 0 Å². The van der Waals surface area contributed by atoms with E-state index in [1.165, 1.54) is 0 Å². The number of hydrogen-bond acceptors (Lipinski definition) is 4. The van der Waals surface area contributed by atoms with E-state index in [0.29, 0.717) is 4.90 Å². The van der Waals surface area contributed by atoms with Crippen LogP contribution in [0, 0.1) is 6.92 Å². The van der Waals surface area contributed by atoms with Crippen LogP contribution in [0.4, 0.5) is 0 Å². The Balaban J connectivity index is 2.17. The Hall–Kier alpha value is -0.520. The van der Waals surface area contributed by atoms with Gasteiger partial charge >= 0.3 is 0 Å². The second-order valence-corrected chi connectivity index (χ2v) is 7.43. The summed E-state index contributed by atoms with van der Waals surface area (Å²) >= 11 is 0. The van der Waals surface area contributed by atoms with Crippen LogP contribution in [0.3, 0.4) is 0 Å². The molecule has 0 spiro atoms. The largest absolute Gasteiger partial charge is 0.244 e. The summed E-state index contributed by atoms with van der Waals surface area (Å²) in [7, 11) is -2.24. The molecule has 3 nitrogen and oxygen atoms in total. The van der Waals surface area contributed by atoms with Gasteiger partial charge in [-0.25, -0.2) is 12.7 Å². The van der Waals surface area contributed by atoms with Crippen LogP contribution in [0.15, 0.2) is 29.2 Å². The van der Waals surface area contributed by atoms with Crippen molar-refractivity contribution in [3.05, 3.63) is 29.8 Å². The summed E-state index contributed by atoms with van der Waals surface area (Å²) in [5, 5.41) is 0. The Morgan fingerprint density at radius 2 is 1.80 bits per heavy atom. The summed E-state index contributed by atoms with van der Waals surface area (Å²) in [6.07, 6.45) is 1.09. The monoisotopic (exact) mass is 243 g/mol. The van der Waals surface area contributed by atoms with Crippen LogP contribution >= 0.6 is 11.0 Å². The van der Waals surface area contributed by atoms with Crippen molar-refractivity contribution in [2.75, 3.05) is 13.1 Å². The maximum atomic E-state index is 11.9. The topological polar surface area (TPSA) is 37.4 Å². The van der Waals surface area contributed by atoms with Gasteiger partial charge < -0.3 is 0 Å². The van der Waals surface area contributed by atoms with Crippen LogP contribution < -0.4 is 0 Å². The van der Waals surface area contributed by atoms with Crippen molar-refractivity contribution in [3.63, 3.8) is 0 Å². The van der Waals surface area contributed by atoms with E-state index in [0.717, 1.165) is 36.1 Å². The molecule has 0 saturated carbocycles. The molecule has 15 heavy (non-hydrogen) atoms. The maximum Gasteiger partial charge on any atom is 0.244 e. The standard InChI is InChI=1S/C10H13NO2S2/c1-9-3-5-10(6-4-9)15(12,13)14-11-7-2-8-11/h3-6H,2,7-8H2,1H3. The number of benzene rings is 1. The third kappa shape index (κ3) is 2.53. The molecule has 1 aromatic rings. The summed E-state index contributed by atoms with van der Waals surface area (Å²) in [5.41, 5.74) is 1.07. The van der Waals surface area contributed by atoms with Gasteiger partial charge in [0.1, 0.15) is 0 Å². The van der Waals surface area contributed by atoms with Gasteiger partial charge in [-0.1, -0.05) is 17.7 Å². The van der Waals surface area contributed by atoms with Crippen LogP contribution in [0.25, 0.3) is 0 Å². The Labute approximate surface area is 93.9 Å². The van der Waals surface area contributed by atoms with Crippen LogP contribution in [0.2, 0.25) is 0 Å². The lowest BCUT2D eigenvalue weighted by Crippen LogP contribution is -2.31. The minimum Gasteiger partial charge on any atom is -0.237 e. The highest BCUT2D eigenvalue weighted by atomic mass is 33.1. The van der Waals surface area contributed by atoms with E-state index < -0.39 is 8.87 Å². The lowest BCUT2D eigenvalue weighted by molar-refractivity contribution is 0.346. The first-order chi connectivity index (χ1) is 7.08. The highest BCUT2D eigenvalue weighted by molar-refractivity contribution is 8.71. The molecule has 0 unspecified atom stereocenters. The zero-order chi connectivity index (χ0) is 10.9. The van der Waals surface area contributed by atoms with Gasteiger partial charge in [-0.15, -0.1) is 0 Å². The molecular formula is C10H13NO2S2. The molecule has 0 bridgehead atoms. The van der Waals surface area contributed by atoms with E-state index in [1.807, 2.05) is 23.4 Å². The molecule has 0 N–H and O–H groups in total. The average molecular weight is 243 g/mol. The van der Waals surface area contributed by atoms with Crippen molar-refractivity contribution >= 4 is 19.8 Å². The molecule has 2 rings (SSSR count). The minimum atomic E-state index is -3.19. The van der Waals surface area contributed by atoms with Crippen molar-refractivity contribution in [3.8, 4) is 0 Å². The van der Waals surface area contributed by atoms with Crippen molar-refractivity contribution in [2.45, 2.75) is 18.2 Å². The summed E-state index contributed by atoms with van der Waals surface area (Å²) in [5.74, 6) is 0. The summed E-state index contributed by atoms with van der Waals surface area (Å²) in [6, 6.07) is 6.97. The molecule has 82 valence electrons. The molecule has 5 heteroatoms. The van der Waals surface area contributed by atoms with E-state index in [2.05, 4.69) is 0 Å². The Morgan fingerprint density at radius 1 is 1.20 bits per heavy atom. The summed E-state index contributed by atoms with van der Waals surface area (Å²) < 4.78 is 25.6. The third-order valence-electron chi connectivity index (χ3n) is 2.33. The van der Waals surface area contributed by atoms with Crippen LogP contribution in [0.5, 0.6) is 0 Å². The van der Waals surface area contributed by atoms with Crippen LogP contribution in [-0.4, -0.2) is 25.8 Å². The van der Waals surface area contributed by atoms with E-state index in [4.69, 9.17) is 0 Å². The molecular weight excluding hydrogens is 230 g/mol. The number of hydrogen-bond donors (Lipinski definition) is 0. The molecule has 1 fully saturated rings. The van der Waals surface area contributed by atoms with Crippen molar-refractivity contribution < 1.29 is 8.42 Å². The number of rotatable bonds is 3. The predicted octanol–water partition coefficient (Wildman–Crippen LogP) is 2.04. The van der Waals surface area contributed by atoms with Gasteiger partial charge in [0.15, 0.2) is 0 Å². The second-order valence-electron chi connectivity index (χ2n) is 3.62. The van der Waals surface area contributed by atoms with Gasteiger partial charge in [0.25, 0.3) is 0 Å². The fraction of sp³-hybridized carbons (Fsp3) is 0.400. The quantitative estimate of drug-likeness (QED) is 0.601. The third-order valence-corrected chi connectivity index (χ3v) is 5.75. The van der Waals surface area contributed by atoms with Gasteiger partial charge in [0, 0.05) is 13.1 Å². The maximum absolute atomic E-state index is 11.9. The minimum absolute atomic E-state index is 0.394. The van der Waals surface area contributed by atoms with E-state index in [9.17, 15) is 8.42 Å². The van der Waals surface area contributed by atoms with E-state index in [-0.39, 0.29) is 0 Å². The molecule has 1 saturated heterocycles. The Morgan fingerprint density at radius 3 is 2.27 bits per heavy atom. The molecule has 0 aromatic heterocycles. The second kappa shape index (κ2) is 4.15. The zero-order valence-corrected chi connectivity index (χ0v) is 10.1. The first kappa shape index (κ1) is 11.0. The highest BCUT2D eigenvalue weighted by Gasteiger charge is 2.24. The van der Waals surface area contributed by atoms with Crippen molar-refractivity contribution in [2.24, 2.45) is 0 Å². The first-order valence-corrected chi connectivity index (χ1v) is 7.61. The number of nitrogens with zero attached hydrogens (tertiary/aromatic N) is 1. The van der Waals surface area contributed by atoms with Gasteiger partial charge in [0.05, 0.1) is 15.9 Å². The zero-order valence-electron chi connectivity index (χ0n) is 8.51. The Bertz CT molecular complexity index is 435. The van der Waals surface area contributed by atoms with Gasteiger partial charge in [0.2, 0.25) is 8.87 Å². The SMILES string of the molecule is Cc1ccc(S(=O)(=O)SN2CCC2)cc1. The summed E-state index contributed by atoms with van der Waals surface area (Å²) in [4.78, 5) is 0.394. The molecule has 1 aliphatic heterocycles. The smallest absolute Gasteiger partial charge is 0.237 e. The van der Waals surface area contributed by atoms with E-state index in [1.54, 1.807) is 12.1 Å². The molecule has 0 atom stereocenters. The lowest BCUT2D eigenvalue weighted by atomic mass is 10.2. The first-order valence-electron chi connectivity index (χ1n) is 4.84. The van der Waals surface area contributed by atoms with Crippen LogP contribution in [0.1, 0.15) is 12.0 Å². The molecule has 1 heterocycles. The van der Waals surface area contributed by atoms with Crippen LogP contribution in [-0.2, 0) is 8.87 Å². The molecule has 0 radical (unpaired) electrons. The Kier molecular flexibility index (Phi) is 3.04. The van der Waals surface area contributed by atoms with E-state index >= 15 is 0 Å². The van der Waals surface area contributed by atoms with Gasteiger partial charge in [-0.2, -0.15) is 0 Å². The van der Waals surface area contributed by atoms with Crippen molar-refractivity contribution in [1.82, 2.24) is 4.31 Å². The molecule has 1 aromatic carbocycles. The normalized spacial score (nSPS) is 17.4. The average Bonchev–Trinajstić information content (AvgIpc) is 2.13. The molecule has 0 aliphatic carbocycles. The predicted molar refractivity (Wildman–Crippen MR) is 62.1 cm³/mol.